The van der Waals surface area contributed by atoms with Gasteiger partial charge in [-0.05, 0) is 30.3 Å². The number of nitrogens with zero attached hydrogens (tertiary/aromatic N) is 1. The van der Waals surface area contributed by atoms with E-state index in [0.717, 1.165) is 42.5 Å². The van der Waals surface area contributed by atoms with Gasteiger partial charge in [0.15, 0.2) is 0 Å². The van der Waals surface area contributed by atoms with Crippen molar-refractivity contribution in [2.45, 2.75) is 4.90 Å². The molecule has 0 aliphatic carbocycles. The molecule has 0 radical (unpaired) electrons. The molecule has 2 N–H and O–H groups in total. The standard InChI is InChI=1S/C14H10NO8S2.Li/c16-13(17)9-4-6-11(7-5-9)15-25(22,23)24(20,21)12-3-1-2-10(8-12)14(18)19;/h1-8H,(H,16,17)(H,18,19);/q-1;+1. The van der Waals surface area contributed by atoms with Gasteiger partial charge in [0.25, 0.3) is 8.87 Å². The molecule has 0 spiro atoms. The largest absolute Gasteiger partial charge is 1.00 e. The summed E-state index contributed by atoms with van der Waals surface area (Å²) in [7, 11) is -10.1. The molecule has 9 nitrogen and oxygen atoms in total. The Labute approximate surface area is 160 Å². The third-order valence-electron chi connectivity index (χ3n) is 2.98. The Morgan fingerprint density at radius 1 is 0.808 bits per heavy atom. The molecule has 2 rings (SSSR count). The summed E-state index contributed by atoms with van der Waals surface area (Å²) in [6, 6.07) is 8.03. The van der Waals surface area contributed by atoms with E-state index in [-0.39, 0.29) is 30.1 Å². The van der Waals surface area contributed by atoms with E-state index in [0.29, 0.717) is 6.07 Å². The second kappa shape index (κ2) is 7.92. The summed E-state index contributed by atoms with van der Waals surface area (Å²) in [4.78, 5) is 20.9. The Morgan fingerprint density at radius 3 is 1.85 bits per heavy atom. The molecule has 0 saturated carbocycles. The number of hydrogen-bond donors (Lipinski definition) is 2. The van der Waals surface area contributed by atoms with E-state index in [1.807, 2.05) is 0 Å². The van der Waals surface area contributed by atoms with Crippen LogP contribution in [0.1, 0.15) is 20.7 Å². The third-order valence-corrected chi connectivity index (χ3v) is 7.26. The molecule has 0 bridgehead atoms. The molecule has 0 atom stereocenters. The molecular formula is C14H10LiNO8S2. The smallest absolute Gasteiger partial charge is 0.563 e. The number of benzene rings is 2. The first kappa shape index (κ1) is 21.7. The normalized spacial score (nSPS) is 11.2. The second-order valence-electron chi connectivity index (χ2n) is 4.66. The number of aromatic carboxylic acids is 2. The minimum Gasteiger partial charge on any atom is -0.563 e. The van der Waals surface area contributed by atoms with Crippen LogP contribution < -0.4 is 18.9 Å². The van der Waals surface area contributed by atoms with Gasteiger partial charge in [-0.1, -0.05) is 18.2 Å². The van der Waals surface area contributed by atoms with Gasteiger partial charge in [-0.15, -0.1) is 5.69 Å². The third kappa shape index (κ3) is 4.44. The first-order valence-electron chi connectivity index (χ1n) is 6.44. The number of rotatable bonds is 6. The van der Waals surface area contributed by atoms with Crippen LogP contribution in [-0.4, -0.2) is 39.0 Å². The van der Waals surface area contributed by atoms with Crippen molar-refractivity contribution in [3.63, 3.8) is 0 Å². The van der Waals surface area contributed by atoms with E-state index in [1.54, 1.807) is 0 Å². The number of carboxylic acids is 2. The fraction of sp³-hybridized carbons (Fsp3) is 0. The molecule has 0 aliphatic heterocycles. The van der Waals surface area contributed by atoms with E-state index in [4.69, 9.17) is 10.2 Å². The molecule has 0 aliphatic rings. The monoisotopic (exact) mass is 391 g/mol. The molecule has 2 aromatic carbocycles. The van der Waals surface area contributed by atoms with Crippen molar-refractivity contribution in [1.82, 2.24) is 0 Å². The van der Waals surface area contributed by atoms with Crippen molar-refractivity contribution in [1.29, 1.82) is 0 Å². The predicted molar refractivity (Wildman–Crippen MR) is 85.9 cm³/mol. The average molecular weight is 391 g/mol. The maximum Gasteiger partial charge on any atom is 1.00 e. The van der Waals surface area contributed by atoms with Crippen LogP contribution in [0.3, 0.4) is 0 Å². The van der Waals surface area contributed by atoms with Gasteiger partial charge in [0.05, 0.1) is 16.0 Å². The Bertz CT molecular complexity index is 1050. The summed E-state index contributed by atoms with van der Waals surface area (Å²) in [5, 5.41) is 17.6. The predicted octanol–water partition coefficient (Wildman–Crippen LogP) is -1.19. The summed E-state index contributed by atoms with van der Waals surface area (Å²) in [6.07, 6.45) is 0. The van der Waals surface area contributed by atoms with E-state index in [1.165, 1.54) is 0 Å². The Balaban J connectivity index is 0.00000338. The molecule has 0 heterocycles. The molecule has 0 fully saturated rings. The van der Waals surface area contributed by atoms with E-state index >= 15 is 0 Å². The van der Waals surface area contributed by atoms with Crippen LogP contribution in [0.25, 0.3) is 4.72 Å². The van der Waals surface area contributed by atoms with Gasteiger partial charge in [-0.2, -0.15) is 0 Å². The Kier molecular flexibility index (Phi) is 6.62. The Hall–Kier alpha value is -2.32. The fourth-order valence-corrected chi connectivity index (χ4v) is 4.58. The van der Waals surface area contributed by atoms with Gasteiger partial charge in [0.2, 0.25) is 9.06 Å². The van der Waals surface area contributed by atoms with Gasteiger partial charge >= 0.3 is 30.8 Å². The summed E-state index contributed by atoms with van der Waals surface area (Å²) in [5.41, 5.74) is -0.821. The van der Waals surface area contributed by atoms with Crippen molar-refractivity contribution < 1.29 is 55.5 Å². The molecule has 0 aromatic heterocycles. The summed E-state index contributed by atoms with van der Waals surface area (Å²) in [6.45, 7) is 0. The summed E-state index contributed by atoms with van der Waals surface area (Å²) < 4.78 is 51.8. The van der Waals surface area contributed by atoms with Crippen molar-refractivity contribution in [2.24, 2.45) is 0 Å². The van der Waals surface area contributed by atoms with Gasteiger partial charge in [0, 0.05) is 0 Å². The zero-order valence-corrected chi connectivity index (χ0v) is 14.9. The van der Waals surface area contributed by atoms with Crippen LogP contribution in [0.15, 0.2) is 53.4 Å². The van der Waals surface area contributed by atoms with Crippen LogP contribution in [0.4, 0.5) is 5.69 Å². The van der Waals surface area contributed by atoms with Crippen molar-refractivity contribution in [3.8, 4) is 0 Å². The number of hydrogen-bond acceptors (Lipinski definition) is 6. The molecule has 26 heavy (non-hydrogen) atoms. The molecule has 0 saturated heterocycles. The SMILES string of the molecule is O=C(O)c1ccc([N-]S(=O)(=O)S(=O)(=O)c2cccc(C(=O)O)c2)cc1.[Li+]. The maximum atomic E-state index is 12.2. The van der Waals surface area contributed by atoms with Gasteiger partial charge < -0.3 is 14.9 Å². The maximum absolute atomic E-state index is 12.2. The minimum absolute atomic E-state index is 0. The summed E-state index contributed by atoms with van der Waals surface area (Å²) >= 11 is 0. The van der Waals surface area contributed by atoms with Crippen LogP contribution in [-0.2, 0) is 17.9 Å². The molecule has 132 valence electrons. The van der Waals surface area contributed by atoms with E-state index in [2.05, 4.69) is 4.72 Å². The van der Waals surface area contributed by atoms with Crippen LogP contribution in [0, 0.1) is 0 Å². The van der Waals surface area contributed by atoms with Crippen molar-refractivity contribution >= 4 is 35.6 Å². The first-order chi connectivity index (χ1) is 11.5. The van der Waals surface area contributed by atoms with E-state index in [9.17, 15) is 26.4 Å². The number of carboxylic acid groups (broad SMARTS) is 2. The topological polar surface area (TPSA) is 157 Å². The van der Waals surface area contributed by atoms with Crippen LogP contribution in [0.5, 0.6) is 0 Å². The fourth-order valence-electron chi connectivity index (χ4n) is 1.75. The quantitative estimate of drug-likeness (QED) is 0.460. The second-order valence-corrected chi connectivity index (χ2v) is 9.66. The molecular weight excluding hydrogens is 381 g/mol. The first-order valence-corrected chi connectivity index (χ1v) is 9.88. The van der Waals surface area contributed by atoms with Crippen LogP contribution in [0.2, 0.25) is 0 Å². The van der Waals surface area contributed by atoms with Crippen molar-refractivity contribution in [3.05, 3.63) is 64.4 Å². The van der Waals surface area contributed by atoms with Gasteiger partial charge in [-0.25, -0.2) is 26.4 Å². The van der Waals surface area contributed by atoms with E-state index < -0.39 is 40.3 Å². The number of carbonyl (C=O) groups is 2. The minimum atomic E-state index is -5.08. The molecule has 2 aromatic rings. The van der Waals surface area contributed by atoms with Gasteiger partial charge in [-0.3, -0.25) is 0 Å². The summed E-state index contributed by atoms with van der Waals surface area (Å²) in [5.74, 6) is -2.66. The van der Waals surface area contributed by atoms with Gasteiger partial charge in [0.1, 0.15) is 0 Å². The molecule has 12 heteroatoms. The molecule has 0 amide bonds. The Morgan fingerprint density at radius 2 is 1.35 bits per heavy atom. The molecule has 0 unspecified atom stereocenters. The zero-order valence-electron chi connectivity index (χ0n) is 13.2. The zero-order chi connectivity index (χ0) is 18.8. The average Bonchev–Trinajstić information content (AvgIpc) is 2.54. The van der Waals surface area contributed by atoms with Crippen molar-refractivity contribution in [2.75, 3.05) is 0 Å². The van der Waals surface area contributed by atoms with Crippen LogP contribution >= 0.6 is 0 Å².